The number of nitrogens with zero attached hydrogens (tertiary/aromatic N) is 3. The van der Waals surface area contributed by atoms with E-state index >= 15 is 0 Å². The SMILES string of the molecule is COc1cc2oc(=O)cc(CN3CCN(CC(O)Cn4c5ccc(Br)cc5c5cc(Br)ccc54)CC3)c2cc1OC. The average Bonchev–Trinajstić information content (AvgIpc) is 3.24. The molecule has 0 aliphatic carbocycles. The Balaban J connectivity index is 1.13. The van der Waals surface area contributed by atoms with E-state index in [4.69, 9.17) is 13.9 Å². The first-order valence-electron chi connectivity index (χ1n) is 13.5. The molecule has 1 unspecified atom stereocenters. The second kappa shape index (κ2) is 11.8. The minimum Gasteiger partial charge on any atom is -0.493 e. The molecule has 6 rings (SSSR count). The van der Waals surface area contributed by atoms with E-state index in [2.05, 4.69) is 70.5 Å². The van der Waals surface area contributed by atoms with E-state index in [9.17, 15) is 9.90 Å². The molecule has 5 aromatic rings. The van der Waals surface area contributed by atoms with Gasteiger partial charge in [0.05, 0.1) is 26.9 Å². The number of halogens is 2. The predicted molar refractivity (Wildman–Crippen MR) is 168 cm³/mol. The van der Waals surface area contributed by atoms with E-state index in [1.54, 1.807) is 26.4 Å². The molecule has 1 aliphatic heterocycles. The van der Waals surface area contributed by atoms with Crippen molar-refractivity contribution in [3.63, 3.8) is 0 Å². The Bertz CT molecular complexity index is 1730. The summed E-state index contributed by atoms with van der Waals surface area (Å²) >= 11 is 7.21. The van der Waals surface area contributed by atoms with Crippen LogP contribution in [0.5, 0.6) is 11.5 Å². The molecular formula is C31H31Br2N3O5. The van der Waals surface area contributed by atoms with Crippen LogP contribution in [0.4, 0.5) is 0 Å². The molecule has 1 atom stereocenters. The molecule has 1 N–H and O–H groups in total. The van der Waals surface area contributed by atoms with E-state index in [-0.39, 0.29) is 5.63 Å². The van der Waals surface area contributed by atoms with Crippen LogP contribution in [-0.4, -0.2) is 72.5 Å². The van der Waals surface area contributed by atoms with Gasteiger partial charge in [-0.1, -0.05) is 31.9 Å². The number of ether oxygens (including phenoxy) is 2. The summed E-state index contributed by atoms with van der Waals surface area (Å²) in [4.78, 5) is 16.9. The second-order valence-electron chi connectivity index (χ2n) is 10.5. The highest BCUT2D eigenvalue weighted by atomic mass is 79.9. The van der Waals surface area contributed by atoms with E-state index in [1.807, 2.05) is 18.2 Å². The molecule has 41 heavy (non-hydrogen) atoms. The van der Waals surface area contributed by atoms with Gasteiger partial charge in [0.25, 0.3) is 0 Å². The minimum atomic E-state index is -0.516. The number of hydrogen-bond acceptors (Lipinski definition) is 7. The summed E-state index contributed by atoms with van der Waals surface area (Å²) in [6, 6.07) is 17.7. The lowest BCUT2D eigenvalue weighted by atomic mass is 10.1. The topological polar surface area (TPSA) is 80.3 Å². The summed E-state index contributed by atoms with van der Waals surface area (Å²) in [7, 11) is 3.15. The van der Waals surface area contributed by atoms with Crippen molar-refractivity contribution in [1.82, 2.24) is 14.4 Å². The number of piperazine rings is 1. The molecule has 10 heteroatoms. The van der Waals surface area contributed by atoms with Gasteiger partial charge in [0.15, 0.2) is 11.5 Å². The van der Waals surface area contributed by atoms with Gasteiger partial charge in [-0.3, -0.25) is 9.80 Å². The van der Waals surface area contributed by atoms with Gasteiger partial charge in [-0.05, 0) is 48.0 Å². The van der Waals surface area contributed by atoms with Crippen LogP contribution in [0, 0.1) is 0 Å². The molecule has 0 amide bonds. The van der Waals surface area contributed by atoms with Crippen molar-refractivity contribution >= 4 is 64.6 Å². The smallest absolute Gasteiger partial charge is 0.336 e. The summed E-state index contributed by atoms with van der Waals surface area (Å²) < 4.78 is 20.6. The fraction of sp³-hybridized carbons (Fsp3) is 0.323. The first-order valence-corrected chi connectivity index (χ1v) is 15.1. The maximum absolute atomic E-state index is 12.3. The zero-order valence-corrected chi connectivity index (χ0v) is 26.1. The first kappa shape index (κ1) is 28.2. The van der Waals surface area contributed by atoms with Gasteiger partial charge >= 0.3 is 5.63 Å². The van der Waals surface area contributed by atoms with Crippen LogP contribution in [0.15, 0.2) is 72.8 Å². The fourth-order valence-corrected chi connectivity index (χ4v) is 6.59. The van der Waals surface area contributed by atoms with Crippen LogP contribution in [0.2, 0.25) is 0 Å². The maximum Gasteiger partial charge on any atom is 0.336 e. The van der Waals surface area contributed by atoms with Crippen LogP contribution in [-0.2, 0) is 13.1 Å². The Labute approximate surface area is 254 Å². The molecule has 8 nitrogen and oxygen atoms in total. The van der Waals surface area contributed by atoms with Gasteiger partial charge < -0.3 is 23.6 Å². The Morgan fingerprint density at radius 3 is 2.00 bits per heavy atom. The Kier molecular flexibility index (Phi) is 8.11. The zero-order valence-electron chi connectivity index (χ0n) is 22.9. The predicted octanol–water partition coefficient (Wildman–Crippen LogP) is 5.62. The largest absolute Gasteiger partial charge is 0.493 e. The van der Waals surface area contributed by atoms with Crippen molar-refractivity contribution in [3.8, 4) is 11.5 Å². The number of aliphatic hydroxyl groups excluding tert-OH is 1. The molecule has 3 aromatic carbocycles. The molecule has 1 saturated heterocycles. The van der Waals surface area contributed by atoms with Crippen molar-refractivity contribution in [2.45, 2.75) is 19.2 Å². The number of benzene rings is 3. The van der Waals surface area contributed by atoms with Crippen molar-refractivity contribution < 1.29 is 19.0 Å². The molecule has 3 heterocycles. The molecule has 1 aliphatic rings. The molecule has 0 bridgehead atoms. The van der Waals surface area contributed by atoms with Crippen LogP contribution in [0.1, 0.15) is 5.56 Å². The lowest BCUT2D eigenvalue weighted by Crippen LogP contribution is -2.48. The lowest BCUT2D eigenvalue weighted by molar-refractivity contribution is 0.0634. The van der Waals surface area contributed by atoms with Gasteiger partial charge in [0, 0.05) is 87.5 Å². The Hall–Kier alpha value is -2.89. The van der Waals surface area contributed by atoms with Gasteiger partial charge in [-0.25, -0.2) is 4.79 Å². The highest BCUT2D eigenvalue weighted by molar-refractivity contribution is 9.10. The minimum absolute atomic E-state index is 0.383. The van der Waals surface area contributed by atoms with Crippen molar-refractivity contribution in [2.75, 3.05) is 46.9 Å². The van der Waals surface area contributed by atoms with Gasteiger partial charge in [0.1, 0.15) is 5.58 Å². The molecular weight excluding hydrogens is 654 g/mol. The normalized spacial score (nSPS) is 15.6. The summed E-state index contributed by atoms with van der Waals surface area (Å²) in [5.74, 6) is 1.12. The van der Waals surface area contributed by atoms with Crippen molar-refractivity contribution in [1.29, 1.82) is 0 Å². The average molecular weight is 685 g/mol. The van der Waals surface area contributed by atoms with Gasteiger partial charge in [-0.15, -0.1) is 0 Å². The van der Waals surface area contributed by atoms with Crippen LogP contribution < -0.4 is 15.1 Å². The number of fused-ring (bicyclic) bond motifs is 4. The zero-order chi connectivity index (χ0) is 28.7. The van der Waals surface area contributed by atoms with Crippen LogP contribution in [0.25, 0.3) is 32.8 Å². The highest BCUT2D eigenvalue weighted by Gasteiger charge is 2.22. The van der Waals surface area contributed by atoms with E-state index in [0.717, 1.165) is 67.9 Å². The maximum atomic E-state index is 12.3. The third-order valence-corrected chi connectivity index (χ3v) is 8.83. The summed E-state index contributed by atoms with van der Waals surface area (Å²) in [5.41, 5.74) is 3.22. The standard InChI is InChI=1S/C31H31Br2N3O5/c1-39-29-14-23-19(11-31(38)41-28(23)15-30(29)40-2)16-34-7-9-35(10-8-34)17-22(37)18-36-26-5-3-20(32)12-24(26)25-13-21(33)4-6-27(25)36/h3-6,11-15,22,37H,7-10,16-18H2,1-2H3. The molecule has 1 fully saturated rings. The molecule has 0 spiro atoms. The monoisotopic (exact) mass is 683 g/mol. The summed E-state index contributed by atoms with van der Waals surface area (Å²) in [6.07, 6.45) is -0.516. The van der Waals surface area contributed by atoms with Gasteiger partial charge in [0.2, 0.25) is 0 Å². The Morgan fingerprint density at radius 1 is 0.805 bits per heavy atom. The highest BCUT2D eigenvalue weighted by Crippen LogP contribution is 2.34. The number of rotatable bonds is 8. The third-order valence-electron chi connectivity index (χ3n) is 7.84. The van der Waals surface area contributed by atoms with E-state index in [1.165, 1.54) is 0 Å². The quantitative estimate of drug-likeness (QED) is 0.213. The Morgan fingerprint density at radius 2 is 1.39 bits per heavy atom. The number of β-amino-alcohol motifs (C(OH)–C–C–N with tert-alkyl or cyclic N) is 1. The van der Waals surface area contributed by atoms with E-state index in [0.29, 0.717) is 36.7 Å². The fourth-order valence-electron chi connectivity index (χ4n) is 5.87. The molecule has 0 saturated carbocycles. The molecule has 2 aromatic heterocycles. The number of hydrogen-bond donors (Lipinski definition) is 1. The van der Waals surface area contributed by atoms with E-state index < -0.39 is 6.10 Å². The second-order valence-corrected chi connectivity index (χ2v) is 12.3. The van der Waals surface area contributed by atoms with Crippen molar-refractivity contribution in [3.05, 3.63) is 79.5 Å². The number of aliphatic hydroxyl groups is 1. The van der Waals surface area contributed by atoms with Crippen molar-refractivity contribution in [2.24, 2.45) is 0 Å². The third kappa shape index (κ3) is 5.76. The first-order chi connectivity index (χ1) is 19.8. The summed E-state index contributed by atoms with van der Waals surface area (Å²) in [5, 5.41) is 14.3. The number of aromatic nitrogens is 1. The number of methoxy groups -OCH3 is 2. The van der Waals surface area contributed by atoms with Crippen LogP contribution in [0.3, 0.4) is 0 Å². The lowest BCUT2D eigenvalue weighted by Gasteiger charge is -2.35. The summed E-state index contributed by atoms with van der Waals surface area (Å²) in [6.45, 7) is 5.07. The van der Waals surface area contributed by atoms with Gasteiger partial charge in [-0.2, -0.15) is 0 Å². The molecule has 0 radical (unpaired) electrons. The van der Waals surface area contributed by atoms with Crippen LogP contribution >= 0.6 is 31.9 Å². The molecule has 214 valence electrons.